The van der Waals surface area contributed by atoms with Crippen LogP contribution in [0.5, 0.6) is 5.75 Å². The molecule has 0 radical (unpaired) electrons. The second-order valence-corrected chi connectivity index (χ2v) is 6.09. The Kier molecular flexibility index (Phi) is 6.18. The molecular formula is C16H25NO4. The Labute approximate surface area is 125 Å². The number of hydrogen-bond donors (Lipinski definition) is 4. The van der Waals surface area contributed by atoms with Gasteiger partial charge in [0.25, 0.3) is 5.97 Å². The van der Waals surface area contributed by atoms with Crippen LogP contribution in [0.3, 0.4) is 0 Å². The van der Waals surface area contributed by atoms with Gasteiger partial charge in [0.15, 0.2) is 0 Å². The van der Waals surface area contributed by atoms with Crippen molar-refractivity contribution >= 4 is 5.97 Å². The molecule has 5 heteroatoms. The van der Waals surface area contributed by atoms with E-state index in [0.29, 0.717) is 0 Å². The highest BCUT2D eigenvalue weighted by molar-refractivity contribution is 5.62. The summed E-state index contributed by atoms with van der Waals surface area (Å²) in [7, 11) is 0. The molecule has 1 aromatic carbocycles. The van der Waals surface area contributed by atoms with Crippen LogP contribution in [0.2, 0.25) is 0 Å². The topological polar surface area (TPSA) is 89.8 Å². The summed E-state index contributed by atoms with van der Waals surface area (Å²) in [4.78, 5) is 9.00. The van der Waals surface area contributed by atoms with Gasteiger partial charge in [-0.05, 0) is 50.8 Å². The number of phenols is 1. The first-order chi connectivity index (χ1) is 9.71. The van der Waals surface area contributed by atoms with Crippen LogP contribution in [0.1, 0.15) is 51.7 Å². The quantitative estimate of drug-likeness (QED) is 0.673. The Morgan fingerprint density at radius 1 is 1.43 bits per heavy atom. The smallest absolute Gasteiger partial charge is 0.300 e. The Morgan fingerprint density at radius 2 is 2.05 bits per heavy atom. The molecular weight excluding hydrogens is 270 g/mol. The van der Waals surface area contributed by atoms with Gasteiger partial charge in [-0.2, -0.15) is 0 Å². The van der Waals surface area contributed by atoms with E-state index in [0.717, 1.165) is 31.7 Å². The lowest BCUT2D eigenvalue weighted by molar-refractivity contribution is -0.134. The summed E-state index contributed by atoms with van der Waals surface area (Å²) in [5.74, 6) is -0.628. The van der Waals surface area contributed by atoms with Crippen LogP contribution in [0.25, 0.3) is 0 Å². The van der Waals surface area contributed by atoms with Gasteiger partial charge < -0.3 is 20.6 Å². The third-order valence-corrected chi connectivity index (χ3v) is 3.49. The van der Waals surface area contributed by atoms with Crippen molar-refractivity contribution < 1.29 is 20.1 Å². The second kappa shape index (κ2) is 7.43. The number of aliphatic carboxylic acids is 1. The lowest BCUT2D eigenvalue weighted by Gasteiger charge is -2.39. The van der Waals surface area contributed by atoms with E-state index in [1.165, 1.54) is 0 Å². The minimum atomic E-state index is -0.833. The largest absolute Gasteiger partial charge is 0.508 e. The molecule has 1 heterocycles. The van der Waals surface area contributed by atoms with Gasteiger partial charge >= 0.3 is 0 Å². The normalized spacial score (nSPS) is 21.8. The van der Waals surface area contributed by atoms with Gasteiger partial charge in [-0.15, -0.1) is 0 Å². The van der Waals surface area contributed by atoms with E-state index in [1.54, 1.807) is 18.2 Å². The van der Waals surface area contributed by atoms with Gasteiger partial charge in [0.05, 0.1) is 6.10 Å². The van der Waals surface area contributed by atoms with Crippen molar-refractivity contribution in [3.63, 3.8) is 0 Å². The highest BCUT2D eigenvalue weighted by Gasteiger charge is 2.31. The minimum absolute atomic E-state index is 0.0700. The Hall–Kier alpha value is -1.59. The van der Waals surface area contributed by atoms with Gasteiger partial charge in [-0.3, -0.25) is 4.79 Å². The summed E-state index contributed by atoms with van der Waals surface area (Å²) in [5, 5.41) is 30.7. The highest BCUT2D eigenvalue weighted by atomic mass is 16.4. The third-order valence-electron chi connectivity index (χ3n) is 3.49. The lowest BCUT2D eigenvalue weighted by Crippen LogP contribution is -2.51. The maximum atomic E-state index is 10.3. The molecule has 0 saturated carbocycles. The molecule has 0 aromatic heterocycles. The number of phenolic OH excluding ortho intramolecular Hbond substituents is 1. The van der Waals surface area contributed by atoms with E-state index in [1.807, 2.05) is 6.07 Å². The molecule has 1 aliphatic rings. The third kappa shape index (κ3) is 6.14. The molecule has 21 heavy (non-hydrogen) atoms. The fourth-order valence-electron chi connectivity index (χ4n) is 2.59. The zero-order valence-corrected chi connectivity index (χ0v) is 12.8. The monoisotopic (exact) mass is 295 g/mol. The molecule has 1 unspecified atom stereocenters. The summed E-state index contributed by atoms with van der Waals surface area (Å²) < 4.78 is 0. The zero-order chi connectivity index (χ0) is 16.0. The van der Waals surface area contributed by atoms with Gasteiger partial charge in [-0.25, -0.2) is 0 Å². The molecule has 0 amide bonds. The average molecular weight is 295 g/mol. The molecule has 2 atom stereocenters. The van der Waals surface area contributed by atoms with E-state index < -0.39 is 12.1 Å². The number of nitrogens with one attached hydrogen (secondary N) is 1. The molecule has 5 nitrogen and oxygen atoms in total. The second-order valence-electron chi connectivity index (χ2n) is 6.09. The molecule has 1 fully saturated rings. The maximum absolute atomic E-state index is 10.3. The Morgan fingerprint density at radius 3 is 2.57 bits per heavy atom. The standard InChI is InChI=1S/C14H21NO2.C2H4O2/c1-14(2)8-4-7-12(15-14)13(17)10-5-3-6-11(16)9-10;1-2(3)4/h3,5-6,9,12-13,15-17H,4,7-8H2,1-2H3;1H3,(H,3,4)/t12?,13-;/m0./s1. The molecule has 0 bridgehead atoms. The first kappa shape index (κ1) is 17.5. The van der Waals surface area contributed by atoms with Gasteiger partial charge in [-0.1, -0.05) is 12.1 Å². The molecule has 1 aromatic rings. The fourth-order valence-corrected chi connectivity index (χ4v) is 2.59. The van der Waals surface area contributed by atoms with Crippen molar-refractivity contribution in [3.05, 3.63) is 29.8 Å². The van der Waals surface area contributed by atoms with Crippen LogP contribution in [0.15, 0.2) is 24.3 Å². The number of rotatable bonds is 2. The van der Waals surface area contributed by atoms with Crippen molar-refractivity contribution in [2.24, 2.45) is 0 Å². The summed E-state index contributed by atoms with van der Waals surface area (Å²) in [6, 6.07) is 6.94. The predicted octanol–water partition coefficient (Wildman–Crippen LogP) is 2.44. The molecule has 0 spiro atoms. The van der Waals surface area contributed by atoms with Crippen LogP contribution in [-0.4, -0.2) is 32.9 Å². The van der Waals surface area contributed by atoms with Gasteiger partial charge in [0.2, 0.25) is 0 Å². The number of aliphatic hydroxyl groups excluding tert-OH is 1. The van der Waals surface area contributed by atoms with Crippen LogP contribution in [0.4, 0.5) is 0 Å². The lowest BCUT2D eigenvalue weighted by atomic mass is 9.85. The van der Waals surface area contributed by atoms with Gasteiger partial charge in [0, 0.05) is 18.5 Å². The number of carbonyl (C=O) groups is 1. The first-order valence-electron chi connectivity index (χ1n) is 7.15. The minimum Gasteiger partial charge on any atom is -0.508 e. The summed E-state index contributed by atoms with van der Waals surface area (Å²) in [5.41, 5.74) is 0.862. The summed E-state index contributed by atoms with van der Waals surface area (Å²) >= 11 is 0. The van der Waals surface area contributed by atoms with E-state index in [2.05, 4.69) is 19.2 Å². The Balaban J connectivity index is 0.000000491. The summed E-state index contributed by atoms with van der Waals surface area (Å²) in [6.45, 7) is 5.41. The number of carboxylic acids is 1. The summed E-state index contributed by atoms with van der Waals surface area (Å²) in [6.07, 6.45) is 2.68. The molecule has 1 aliphatic heterocycles. The SMILES string of the molecule is CC(=O)O.CC1(C)CCCC([C@@H](O)c2cccc(O)c2)N1. The van der Waals surface area contributed by atoms with E-state index >= 15 is 0 Å². The van der Waals surface area contributed by atoms with E-state index in [4.69, 9.17) is 9.90 Å². The van der Waals surface area contributed by atoms with E-state index in [-0.39, 0.29) is 17.3 Å². The number of aliphatic hydroxyl groups is 1. The first-order valence-corrected chi connectivity index (χ1v) is 7.15. The van der Waals surface area contributed by atoms with Crippen molar-refractivity contribution in [1.82, 2.24) is 5.32 Å². The number of piperidine rings is 1. The molecule has 2 rings (SSSR count). The predicted molar refractivity (Wildman–Crippen MR) is 81.2 cm³/mol. The average Bonchev–Trinajstić information content (AvgIpc) is 2.36. The van der Waals surface area contributed by atoms with Crippen LogP contribution in [-0.2, 0) is 4.79 Å². The van der Waals surface area contributed by atoms with Crippen LogP contribution < -0.4 is 5.32 Å². The molecule has 4 N–H and O–H groups in total. The molecule has 0 aliphatic carbocycles. The molecule has 1 saturated heterocycles. The maximum Gasteiger partial charge on any atom is 0.300 e. The fraction of sp³-hybridized carbons (Fsp3) is 0.562. The van der Waals surface area contributed by atoms with E-state index in [9.17, 15) is 10.2 Å². The molecule has 118 valence electrons. The number of aromatic hydroxyl groups is 1. The van der Waals surface area contributed by atoms with Crippen molar-refractivity contribution in [1.29, 1.82) is 0 Å². The van der Waals surface area contributed by atoms with Gasteiger partial charge in [0.1, 0.15) is 5.75 Å². The van der Waals surface area contributed by atoms with Crippen molar-refractivity contribution in [3.8, 4) is 5.75 Å². The zero-order valence-electron chi connectivity index (χ0n) is 12.8. The Bertz CT molecular complexity index is 469. The van der Waals surface area contributed by atoms with Crippen molar-refractivity contribution in [2.45, 2.75) is 57.7 Å². The van der Waals surface area contributed by atoms with Crippen LogP contribution >= 0.6 is 0 Å². The van der Waals surface area contributed by atoms with Crippen molar-refractivity contribution in [2.75, 3.05) is 0 Å². The van der Waals surface area contributed by atoms with Crippen LogP contribution in [0, 0.1) is 0 Å². The highest BCUT2D eigenvalue weighted by Crippen LogP contribution is 2.29. The number of hydrogen-bond acceptors (Lipinski definition) is 4. The number of carboxylic acid groups (broad SMARTS) is 1. The number of benzene rings is 1.